The lowest BCUT2D eigenvalue weighted by Gasteiger charge is -2.65. The first-order valence-corrected chi connectivity index (χ1v) is 25.3. The van der Waals surface area contributed by atoms with Crippen LogP contribution in [0.4, 0.5) is 18.9 Å². The Labute approximate surface area is 423 Å². The van der Waals surface area contributed by atoms with E-state index in [0.717, 1.165) is 57.9 Å². The van der Waals surface area contributed by atoms with Crippen molar-refractivity contribution in [3.63, 3.8) is 0 Å². The van der Waals surface area contributed by atoms with Crippen molar-refractivity contribution in [3.05, 3.63) is 99.7 Å². The monoisotopic (exact) mass is 1010 g/mol. The van der Waals surface area contributed by atoms with Crippen LogP contribution in [0.25, 0.3) is 10.4 Å². The van der Waals surface area contributed by atoms with Crippen molar-refractivity contribution in [3.8, 4) is 22.3 Å². The summed E-state index contributed by atoms with van der Waals surface area (Å²) in [5, 5.41) is 29.2. The van der Waals surface area contributed by atoms with Crippen LogP contribution in [0, 0.1) is 34.5 Å². The number of ether oxygens (including phenoxy) is 2. The summed E-state index contributed by atoms with van der Waals surface area (Å²) in [5.74, 6) is -1.40. The summed E-state index contributed by atoms with van der Waals surface area (Å²) in [5.41, 5.74) is 3.55. The van der Waals surface area contributed by atoms with Gasteiger partial charge in [0.25, 0.3) is 5.91 Å². The molecule has 4 aromatic rings. The number of amides is 4. The van der Waals surface area contributed by atoms with E-state index in [0.29, 0.717) is 31.7 Å². The lowest BCUT2D eigenvalue weighted by Crippen LogP contribution is -2.74. The first kappa shape index (κ1) is 53.8. The van der Waals surface area contributed by atoms with Crippen molar-refractivity contribution in [2.75, 3.05) is 31.6 Å². The number of unbranched alkanes of at least 4 members (excludes halogenated alkanes) is 2. The molecule has 1 saturated heterocycles. The number of hydrogen-bond acceptors (Lipinski definition) is 11. The van der Waals surface area contributed by atoms with Crippen LogP contribution in [-0.2, 0) is 31.8 Å². The summed E-state index contributed by atoms with van der Waals surface area (Å²) in [6, 6.07) is 16.0. The van der Waals surface area contributed by atoms with Crippen LogP contribution in [0.15, 0.2) is 66.2 Å². The van der Waals surface area contributed by atoms with Crippen molar-refractivity contribution in [1.29, 1.82) is 5.26 Å². The summed E-state index contributed by atoms with van der Waals surface area (Å²) < 4.78 is 53.0. The number of aliphatic hydroxyl groups is 1. The summed E-state index contributed by atoms with van der Waals surface area (Å²) in [7, 11) is 0. The minimum atomic E-state index is -4.71. The SMILES string of the molecule is Cc1ncsc1-c1ccc([C@H](C)NC(=O)C2C[C@@H](O)CN2C(=O)[C@@H](NC(=O)COCCCCCNc2ccc3c(c2)CN(C2C(C)(C)C(Oc4ccc(C#N)c(C(F)(F)F)c4)C2(C)C)C3=O)C(C)(C)C)cc1. The first-order chi connectivity index (χ1) is 33.8. The molecule has 3 heterocycles. The van der Waals surface area contributed by atoms with E-state index in [-0.39, 0.29) is 49.2 Å². The molecule has 4 amide bonds. The van der Waals surface area contributed by atoms with Gasteiger partial charge in [0.15, 0.2) is 0 Å². The molecule has 3 aromatic carbocycles. The number of aromatic nitrogens is 1. The van der Waals surface area contributed by atoms with Crippen molar-refractivity contribution in [2.24, 2.45) is 16.2 Å². The van der Waals surface area contributed by atoms with E-state index in [1.54, 1.807) is 22.9 Å². The number of hydrogen-bond donors (Lipinski definition) is 4. The van der Waals surface area contributed by atoms with Gasteiger partial charge >= 0.3 is 6.18 Å². The molecule has 0 bridgehead atoms. The number of fused-ring (bicyclic) bond motifs is 1. The van der Waals surface area contributed by atoms with E-state index in [9.17, 15) is 42.7 Å². The predicted molar refractivity (Wildman–Crippen MR) is 268 cm³/mol. The van der Waals surface area contributed by atoms with Gasteiger partial charge in [-0.1, -0.05) is 72.7 Å². The Hall–Kier alpha value is -6.03. The average molecular weight is 1010 g/mol. The number of β-amino-alcohol motifs (C(OH)–C–C–N with tert-alkyl or cyclic N) is 1. The van der Waals surface area contributed by atoms with Crippen LogP contribution in [0.5, 0.6) is 5.75 Å². The van der Waals surface area contributed by atoms with Crippen LogP contribution >= 0.6 is 11.3 Å². The molecule has 2 aliphatic heterocycles. The second kappa shape index (κ2) is 21.2. The third-order valence-electron chi connectivity index (χ3n) is 14.3. The maximum Gasteiger partial charge on any atom is 0.417 e. The van der Waals surface area contributed by atoms with Gasteiger partial charge in [0.1, 0.15) is 30.5 Å². The molecule has 18 heteroatoms. The van der Waals surface area contributed by atoms with Crippen LogP contribution in [0.2, 0.25) is 0 Å². The van der Waals surface area contributed by atoms with Gasteiger partial charge < -0.3 is 40.3 Å². The fraction of sp³-hybridized carbons (Fsp3) is 0.519. The number of benzene rings is 3. The Kier molecular flexibility index (Phi) is 15.8. The zero-order valence-corrected chi connectivity index (χ0v) is 43.2. The molecule has 386 valence electrons. The number of likely N-dealkylation sites (tertiary alicyclic amines) is 1. The summed E-state index contributed by atoms with van der Waals surface area (Å²) in [4.78, 5) is 63.3. The van der Waals surface area contributed by atoms with Gasteiger partial charge in [-0.2, -0.15) is 18.4 Å². The lowest BCUT2D eigenvalue weighted by molar-refractivity contribution is -0.199. The van der Waals surface area contributed by atoms with Crippen molar-refractivity contribution < 1.29 is 46.9 Å². The molecule has 1 aromatic heterocycles. The Morgan fingerprint density at radius 1 is 0.986 bits per heavy atom. The smallest absolute Gasteiger partial charge is 0.417 e. The summed E-state index contributed by atoms with van der Waals surface area (Å²) in [6.45, 7) is 18.2. The third kappa shape index (κ3) is 11.4. The number of alkyl halides is 3. The number of rotatable bonds is 18. The molecule has 14 nitrogen and oxygen atoms in total. The zero-order chi connectivity index (χ0) is 52.5. The van der Waals surface area contributed by atoms with Crippen LogP contribution in [-0.4, -0.2) is 100 Å². The highest BCUT2D eigenvalue weighted by molar-refractivity contribution is 7.13. The molecule has 7 rings (SSSR count). The normalized spacial score (nSPS) is 21.0. The van der Waals surface area contributed by atoms with Gasteiger partial charge in [0, 0.05) is 60.8 Å². The fourth-order valence-corrected chi connectivity index (χ4v) is 11.9. The number of nitrogens with zero attached hydrogens (tertiary/aromatic N) is 4. The van der Waals surface area contributed by atoms with E-state index in [4.69, 9.17) is 9.47 Å². The van der Waals surface area contributed by atoms with Gasteiger partial charge in [0.05, 0.1) is 45.4 Å². The van der Waals surface area contributed by atoms with Crippen LogP contribution in [0.3, 0.4) is 0 Å². The highest BCUT2D eigenvalue weighted by Crippen LogP contribution is 2.59. The number of halogens is 3. The maximum absolute atomic E-state index is 14.1. The Morgan fingerprint density at radius 2 is 1.69 bits per heavy atom. The number of carbonyl (C=O) groups excluding carboxylic acids is 4. The molecule has 72 heavy (non-hydrogen) atoms. The lowest BCUT2D eigenvalue weighted by atomic mass is 9.49. The van der Waals surface area contributed by atoms with Gasteiger partial charge in [0.2, 0.25) is 17.7 Å². The second-order valence-electron chi connectivity index (χ2n) is 21.6. The van der Waals surface area contributed by atoms with E-state index < -0.39 is 69.7 Å². The Morgan fingerprint density at radius 3 is 2.33 bits per heavy atom. The summed E-state index contributed by atoms with van der Waals surface area (Å²) in [6.07, 6.45) is -3.75. The minimum Gasteiger partial charge on any atom is -0.489 e. The van der Waals surface area contributed by atoms with Crippen LogP contribution < -0.4 is 20.7 Å². The number of aliphatic hydroxyl groups excluding tert-OH is 1. The molecule has 4 atom stereocenters. The van der Waals surface area contributed by atoms with Gasteiger partial charge in [-0.25, -0.2) is 4.98 Å². The third-order valence-corrected chi connectivity index (χ3v) is 15.2. The quantitative estimate of drug-likeness (QED) is 0.0702. The van der Waals surface area contributed by atoms with Crippen molar-refractivity contribution >= 4 is 40.7 Å². The molecule has 2 fully saturated rings. The maximum atomic E-state index is 14.1. The number of nitrogens with one attached hydrogen (secondary N) is 3. The molecular formula is C54H66F3N7O7S. The first-order valence-electron chi connectivity index (χ1n) is 24.4. The molecule has 0 radical (unpaired) electrons. The Bertz CT molecular complexity index is 2680. The number of carbonyl (C=O) groups is 4. The highest BCUT2D eigenvalue weighted by atomic mass is 32.1. The van der Waals surface area contributed by atoms with Gasteiger partial charge in [-0.3, -0.25) is 19.2 Å². The largest absolute Gasteiger partial charge is 0.489 e. The molecule has 3 aliphatic rings. The predicted octanol–water partition coefficient (Wildman–Crippen LogP) is 8.82. The van der Waals surface area contributed by atoms with Gasteiger partial charge in [-0.15, -0.1) is 11.3 Å². The van der Waals surface area contributed by atoms with E-state index in [1.807, 2.05) is 110 Å². The number of nitriles is 1. The average Bonchev–Trinajstić information content (AvgIpc) is 4.02. The summed E-state index contributed by atoms with van der Waals surface area (Å²) >= 11 is 1.56. The Balaban J connectivity index is 0.832. The number of aryl methyl sites for hydroxylation is 1. The molecule has 1 saturated carbocycles. The van der Waals surface area contributed by atoms with Gasteiger partial charge in [-0.05, 0) is 91.6 Å². The van der Waals surface area contributed by atoms with E-state index in [2.05, 4.69) is 20.9 Å². The molecule has 0 spiro atoms. The second-order valence-corrected chi connectivity index (χ2v) is 22.4. The van der Waals surface area contributed by atoms with Crippen molar-refractivity contribution in [1.82, 2.24) is 25.4 Å². The molecule has 4 N–H and O–H groups in total. The molecule has 1 aliphatic carbocycles. The minimum absolute atomic E-state index is 0.0134. The zero-order valence-electron chi connectivity index (χ0n) is 42.4. The van der Waals surface area contributed by atoms with E-state index in [1.165, 1.54) is 11.0 Å². The van der Waals surface area contributed by atoms with Crippen molar-refractivity contribution in [2.45, 2.75) is 137 Å². The standard InChI is InChI=1S/C54H66F3N7O7S/c1-31(33-13-15-34(16-14-33)44-32(2)60-30-72-44)61-46(67)42-24-38(65)28-63(42)48(69)45(51(3,4)5)62-43(66)29-70-22-12-10-11-21-59-37-18-20-40-36(23-37)27-64(47(40)68)49-52(6,7)50(53(49,8)9)71-39-19-17-35(26-58)41(25-39)54(55,56)57/h13-20,23,25,30-31,38,42,45,49-50,59,65H,10-12,21-22,24,27-29H2,1-9H3,(H,61,67)(H,62,66)/t31-,38+,42?,45+,49?,50?/m0/s1. The van der Waals surface area contributed by atoms with Crippen LogP contribution in [0.1, 0.15) is 125 Å². The topological polar surface area (TPSA) is 186 Å². The fourth-order valence-electron chi connectivity index (χ4n) is 11.1. The highest BCUT2D eigenvalue weighted by Gasteiger charge is 2.67. The van der Waals surface area contributed by atoms with E-state index >= 15 is 0 Å². The number of thiazole rings is 1. The number of anilines is 1. The molecular weight excluding hydrogens is 948 g/mol. The molecule has 1 unspecified atom stereocenters.